The summed E-state index contributed by atoms with van der Waals surface area (Å²) in [6, 6.07) is 13.3. The summed E-state index contributed by atoms with van der Waals surface area (Å²) >= 11 is 6.00. The predicted molar refractivity (Wildman–Crippen MR) is 132 cm³/mol. The number of rotatable bonds is 6. The summed E-state index contributed by atoms with van der Waals surface area (Å²) in [6.07, 6.45) is 4.68. The van der Waals surface area contributed by atoms with E-state index < -0.39 is 24.4 Å². The van der Waals surface area contributed by atoms with Crippen LogP contribution in [0.1, 0.15) is 19.8 Å². The van der Waals surface area contributed by atoms with Crippen molar-refractivity contribution in [1.82, 2.24) is 9.29 Å². The summed E-state index contributed by atoms with van der Waals surface area (Å²) in [5, 5.41) is 2.02. The molecule has 2 aromatic carbocycles. The highest BCUT2D eigenvalue weighted by Crippen LogP contribution is 2.29. The van der Waals surface area contributed by atoms with E-state index in [2.05, 4.69) is 9.88 Å². The molecule has 7 nitrogen and oxygen atoms in total. The van der Waals surface area contributed by atoms with Crippen LogP contribution >= 0.6 is 11.6 Å². The topological polar surface area (TPSA) is 87.6 Å². The number of nitrogens with zero attached hydrogens (tertiary/aromatic N) is 3. The van der Waals surface area contributed by atoms with Gasteiger partial charge in [0.05, 0.1) is 4.90 Å². The molecular weight excluding hydrogens is 482 g/mol. The third kappa shape index (κ3) is 4.73. The summed E-state index contributed by atoms with van der Waals surface area (Å²) in [5.74, 6) is 0. The van der Waals surface area contributed by atoms with E-state index in [4.69, 9.17) is 11.6 Å². The van der Waals surface area contributed by atoms with Crippen molar-refractivity contribution in [2.75, 3.05) is 25.0 Å². The van der Waals surface area contributed by atoms with Gasteiger partial charge in [0, 0.05) is 49.3 Å². The van der Waals surface area contributed by atoms with Crippen LogP contribution < -0.4 is 4.90 Å². The Hall–Kier alpha value is -2.20. The number of piperidine rings is 1. The zero-order valence-corrected chi connectivity index (χ0v) is 20.8. The molecule has 0 bridgehead atoms. The molecule has 1 unspecified atom stereocenters. The number of halogens is 1. The van der Waals surface area contributed by atoms with Crippen LogP contribution in [0.3, 0.4) is 0 Å². The molecule has 1 aliphatic heterocycles. The van der Waals surface area contributed by atoms with E-state index in [0.717, 1.165) is 11.1 Å². The third-order valence-electron chi connectivity index (χ3n) is 6.37. The lowest BCUT2D eigenvalue weighted by atomic mass is 10.0. The van der Waals surface area contributed by atoms with Crippen LogP contribution in [0.15, 0.2) is 65.8 Å². The van der Waals surface area contributed by atoms with E-state index in [0.29, 0.717) is 36.3 Å². The van der Waals surface area contributed by atoms with Gasteiger partial charge in [-0.25, -0.2) is 21.1 Å². The highest BCUT2D eigenvalue weighted by Gasteiger charge is 2.40. The first kappa shape index (κ1) is 23.9. The molecule has 0 spiro atoms. The van der Waals surface area contributed by atoms with Crippen molar-refractivity contribution in [3.63, 3.8) is 0 Å². The number of aromatic nitrogens is 1. The number of anilines is 1. The molecule has 0 N–H and O–H groups in total. The average Bonchev–Trinajstić information content (AvgIpc) is 2.83. The van der Waals surface area contributed by atoms with Crippen LogP contribution in [-0.4, -0.2) is 56.9 Å². The Kier molecular flexibility index (Phi) is 6.68. The maximum atomic E-state index is 13.3. The molecule has 0 amide bonds. The van der Waals surface area contributed by atoms with Gasteiger partial charge < -0.3 is 4.90 Å². The van der Waals surface area contributed by atoms with Crippen LogP contribution in [0.2, 0.25) is 5.02 Å². The molecule has 4 rings (SSSR count). The Bertz CT molecular complexity index is 1360. The summed E-state index contributed by atoms with van der Waals surface area (Å²) in [5.41, 5.74) is 1.04. The second-order valence-electron chi connectivity index (χ2n) is 8.25. The second kappa shape index (κ2) is 9.21. The zero-order valence-electron chi connectivity index (χ0n) is 18.4. The molecule has 1 saturated heterocycles. The van der Waals surface area contributed by atoms with Gasteiger partial charge in [-0.3, -0.25) is 4.98 Å². The summed E-state index contributed by atoms with van der Waals surface area (Å²) in [4.78, 5) is 6.19. The van der Waals surface area contributed by atoms with Crippen molar-refractivity contribution in [2.24, 2.45) is 0 Å². The van der Waals surface area contributed by atoms with Crippen LogP contribution in [0.5, 0.6) is 0 Å². The molecule has 1 fully saturated rings. The van der Waals surface area contributed by atoms with E-state index in [9.17, 15) is 16.8 Å². The van der Waals surface area contributed by atoms with Crippen molar-refractivity contribution in [2.45, 2.75) is 35.3 Å². The fourth-order valence-corrected chi connectivity index (χ4v) is 8.44. The molecule has 3 aromatic rings. The minimum absolute atomic E-state index is 0.0192. The lowest BCUT2D eigenvalue weighted by Gasteiger charge is -2.38. The SMILES string of the molecule is CC(S(=O)(=O)c1ccc2cc(Cl)ccc2c1)S(=O)(=O)N(C)C1CCN(c2ccncc2)CC1. The van der Waals surface area contributed by atoms with Crippen LogP contribution in [0, 0.1) is 0 Å². The molecule has 33 heavy (non-hydrogen) atoms. The van der Waals surface area contributed by atoms with Crippen molar-refractivity contribution in [3.8, 4) is 0 Å². The molecule has 1 aromatic heterocycles. The molecule has 1 aliphatic rings. The molecule has 0 aliphatic carbocycles. The third-order valence-corrected chi connectivity index (χ3v) is 11.8. The first-order valence-corrected chi connectivity index (χ1v) is 14.1. The maximum absolute atomic E-state index is 13.3. The molecule has 176 valence electrons. The second-order valence-corrected chi connectivity index (χ2v) is 13.6. The minimum Gasteiger partial charge on any atom is -0.371 e. The fraction of sp³-hybridized carbons (Fsp3) is 0.348. The average molecular weight is 508 g/mol. The van der Waals surface area contributed by atoms with Crippen molar-refractivity contribution in [1.29, 1.82) is 0 Å². The van der Waals surface area contributed by atoms with Gasteiger partial charge in [0.15, 0.2) is 14.4 Å². The Morgan fingerprint density at radius 2 is 1.58 bits per heavy atom. The summed E-state index contributed by atoms with van der Waals surface area (Å²) in [7, 11) is -6.72. The standard InChI is InChI=1S/C23H26ClN3O4S2/c1-17(32(28,29)23-6-4-18-15-20(24)5-3-19(18)16-23)33(30,31)26(2)21-9-13-27(14-10-21)22-7-11-25-12-8-22/h3-8,11-12,15-17,21H,9-10,13-14H2,1-2H3. The van der Waals surface area contributed by atoms with Gasteiger partial charge in [0.2, 0.25) is 10.0 Å². The normalized spacial score (nSPS) is 16.9. The van der Waals surface area contributed by atoms with Crippen LogP contribution in [-0.2, 0) is 19.9 Å². The maximum Gasteiger partial charge on any atom is 0.231 e. The van der Waals surface area contributed by atoms with E-state index in [-0.39, 0.29) is 10.9 Å². The Morgan fingerprint density at radius 3 is 2.24 bits per heavy atom. The largest absolute Gasteiger partial charge is 0.371 e. The lowest BCUT2D eigenvalue weighted by Crippen LogP contribution is -2.49. The summed E-state index contributed by atoms with van der Waals surface area (Å²) < 4.78 is 52.8. The van der Waals surface area contributed by atoms with E-state index in [1.165, 1.54) is 30.4 Å². The number of hydrogen-bond acceptors (Lipinski definition) is 6. The Morgan fingerprint density at radius 1 is 0.970 bits per heavy atom. The van der Waals surface area contributed by atoms with Crippen molar-refractivity contribution < 1.29 is 16.8 Å². The number of pyridine rings is 1. The Balaban J connectivity index is 1.52. The molecular formula is C23H26ClN3O4S2. The quantitative estimate of drug-likeness (QED) is 0.502. The van der Waals surface area contributed by atoms with Crippen LogP contribution in [0.4, 0.5) is 5.69 Å². The highest BCUT2D eigenvalue weighted by atomic mass is 35.5. The van der Waals surface area contributed by atoms with Gasteiger partial charge in [-0.2, -0.15) is 0 Å². The number of benzene rings is 2. The first-order valence-electron chi connectivity index (χ1n) is 10.7. The Labute approximate surface area is 200 Å². The van der Waals surface area contributed by atoms with Gasteiger partial charge in [-0.05, 0) is 66.9 Å². The molecule has 0 saturated carbocycles. The molecule has 10 heteroatoms. The van der Waals surface area contributed by atoms with Gasteiger partial charge in [-0.15, -0.1) is 0 Å². The van der Waals surface area contributed by atoms with E-state index in [1.807, 2.05) is 12.1 Å². The predicted octanol–water partition coefficient (Wildman–Crippen LogP) is 3.94. The van der Waals surface area contributed by atoms with Crippen molar-refractivity contribution >= 4 is 47.9 Å². The number of sulfonamides is 1. The van der Waals surface area contributed by atoms with Gasteiger partial charge >= 0.3 is 0 Å². The fourth-order valence-electron chi connectivity index (χ4n) is 4.21. The van der Waals surface area contributed by atoms with Crippen LogP contribution in [0.25, 0.3) is 10.8 Å². The molecule has 2 heterocycles. The zero-order chi connectivity index (χ0) is 23.8. The van der Waals surface area contributed by atoms with Gasteiger partial charge in [-0.1, -0.05) is 23.7 Å². The lowest BCUT2D eigenvalue weighted by molar-refractivity contribution is 0.311. The minimum atomic E-state index is -4.12. The monoisotopic (exact) mass is 507 g/mol. The molecule has 1 atom stereocenters. The smallest absolute Gasteiger partial charge is 0.231 e. The number of sulfone groups is 1. The number of fused-ring (bicyclic) bond motifs is 1. The number of hydrogen-bond donors (Lipinski definition) is 0. The van der Waals surface area contributed by atoms with E-state index in [1.54, 1.807) is 36.7 Å². The van der Waals surface area contributed by atoms with E-state index >= 15 is 0 Å². The van der Waals surface area contributed by atoms with Gasteiger partial charge in [0.1, 0.15) is 0 Å². The first-order chi connectivity index (χ1) is 15.6. The van der Waals surface area contributed by atoms with Crippen molar-refractivity contribution in [3.05, 3.63) is 65.9 Å². The molecule has 0 radical (unpaired) electrons. The van der Waals surface area contributed by atoms with Gasteiger partial charge in [0.25, 0.3) is 0 Å². The highest BCUT2D eigenvalue weighted by molar-refractivity contribution is 8.08. The summed E-state index contributed by atoms with van der Waals surface area (Å²) in [6.45, 7) is 2.62.